The molecule has 0 saturated carbocycles. The van der Waals surface area contributed by atoms with Crippen molar-refractivity contribution in [1.29, 1.82) is 0 Å². The fourth-order valence-corrected chi connectivity index (χ4v) is 4.27. The number of aliphatic hydroxyl groups is 1. The molecule has 0 saturated heterocycles. The molecule has 2 unspecified atom stereocenters. The fourth-order valence-electron chi connectivity index (χ4n) is 4.27. The number of anilines is 1. The molecule has 0 spiro atoms. The number of alkyl halides is 2. The summed E-state index contributed by atoms with van der Waals surface area (Å²) >= 11 is 0. The maximum absolute atomic E-state index is 15.0. The van der Waals surface area contributed by atoms with Gasteiger partial charge in [-0.05, 0) is 25.6 Å². The minimum absolute atomic E-state index is 0.0595. The number of aliphatic hydroxyl groups excluding tert-OH is 1. The molecule has 2 aromatic carbocycles. The van der Waals surface area contributed by atoms with Crippen molar-refractivity contribution in [2.75, 3.05) is 32.5 Å². The van der Waals surface area contributed by atoms with Crippen LogP contribution in [-0.2, 0) is 27.5 Å². The number of hydrogen-bond donors (Lipinski definition) is 4. The van der Waals surface area contributed by atoms with E-state index in [1.165, 1.54) is 13.8 Å². The number of ether oxygens (including phenoxy) is 1. The molecule has 4 N–H and O–H groups in total. The summed E-state index contributed by atoms with van der Waals surface area (Å²) in [5.41, 5.74) is 0.0737. The van der Waals surface area contributed by atoms with E-state index in [1.54, 1.807) is 73.6 Å². The molecule has 14 heteroatoms. The lowest BCUT2D eigenvalue weighted by molar-refractivity contribution is -0.169. The lowest BCUT2D eigenvalue weighted by atomic mass is 9.93. The van der Waals surface area contributed by atoms with Crippen molar-refractivity contribution >= 4 is 23.6 Å². The van der Waals surface area contributed by atoms with E-state index in [0.29, 0.717) is 12.1 Å². The van der Waals surface area contributed by atoms with Crippen LogP contribution >= 0.6 is 0 Å². The van der Waals surface area contributed by atoms with Gasteiger partial charge in [0.15, 0.2) is 0 Å². The van der Waals surface area contributed by atoms with Crippen molar-refractivity contribution in [2.45, 2.75) is 45.1 Å². The van der Waals surface area contributed by atoms with Gasteiger partial charge < -0.3 is 25.4 Å². The number of nitrogens with zero attached hydrogens (tertiary/aromatic N) is 3. The Morgan fingerprint density at radius 1 is 1.04 bits per heavy atom. The molecule has 3 amide bonds. The second-order valence-electron chi connectivity index (χ2n) is 10.9. The van der Waals surface area contributed by atoms with Gasteiger partial charge in [-0.25, -0.2) is 9.78 Å². The first-order valence-electron chi connectivity index (χ1n) is 14.2. The van der Waals surface area contributed by atoms with Gasteiger partial charge in [0.2, 0.25) is 5.91 Å². The standard InChI is InChI=1S/C31H38F2N6O6/c1-20(2)25(26(41)31(32,33)29(43)34-15-16-38(3)4)37-24(40)18-39-27(22-13-9-6-10-14-22)35-17-23(28(39)42)36-30(44)45-19-21-11-7-5-8-12-21/h5-14,17,20,25-26,41H,15-16,18-19H2,1-4H3,(H,34,43)(H,36,44)(H,37,40). The maximum atomic E-state index is 15.0. The van der Waals surface area contributed by atoms with Crippen molar-refractivity contribution in [2.24, 2.45) is 5.92 Å². The smallest absolute Gasteiger partial charge is 0.412 e. The summed E-state index contributed by atoms with van der Waals surface area (Å²) in [4.78, 5) is 57.4. The van der Waals surface area contributed by atoms with E-state index in [0.717, 1.165) is 16.3 Å². The summed E-state index contributed by atoms with van der Waals surface area (Å²) in [6, 6.07) is 15.7. The molecule has 3 aromatic rings. The highest BCUT2D eigenvalue weighted by Gasteiger charge is 2.51. The van der Waals surface area contributed by atoms with E-state index < -0.39 is 54.0 Å². The SMILES string of the molecule is CC(C)C(NC(=O)Cn1c(-c2ccccc2)ncc(NC(=O)OCc2ccccc2)c1=O)C(O)C(F)(F)C(=O)NCCN(C)C. The molecule has 242 valence electrons. The predicted octanol–water partition coefficient (Wildman–Crippen LogP) is 2.47. The number of hydrogen-bond acceptors (Lipinski definition) is 8. The van der Waals surface area contributed by atoms with E-state index in [-0.39, 0.29) is 24.7 Å². The van der Waals surface area contributed by atoms with Gasteiger partial charge in [-0.3, -0.25) is 24.3 Å². The number of aromatic nitrogens is 2. The third-order valence-electron chi connectivity index (χ3n) is 6.74. The van der Waals surface area contributed by atoms with Gasteiger partial charge in [-0.2, -0.15) is 8.78 Å². The minimum Gasteiger partial charge on any atom is -0.444 e. The van der Waals surface area contributed by atoms with Crippen LogP contribution in [0.5, 0.6) is 0 Å². The number of carbonyl (C=O) groups excluding carboxylic acids is 3. The van der Waals surface area contributed by atoms with Gasteiger partial charge >= 0.3 is 12.0 Å². The second-order valence-corrected chi connectivity index (χ2v) is 10.9. The Kier molecular flexibility index (Phi) is 12.3. The van der Waals surface area contributed by atoms with E-state index in [4.69, 9.17) is 4.74 Å². The highest BCUT2D eigenvalue weighted by molar-refractivity contribution is 5.85. The van der Waals surface area contributed by atoms with Crippen molar-refractivity contribution < 1.29 is 33.0 Å². The van der Waals surface area contributed by atoms with Gasteiger partial charge in [0.25, 0.3) is 11.5 Å². The van der Waals surface area contributed by atoms with Crippen LogP contribution in [0.2, 0.25) is 0 Å². The Labute approximate surface area is 259 Å². The molecule has 2 atom stereocenters. The Morgan fingerprint density at radius 2 is 1.67 bits per heavy atom. The fraction of sp³-hybridized carbons (Fsp3) is 0.387. The molecule has 1 aromatic heterocycles. The maximum Gasteiger partial charge on any atom is 0.412 e. The first kappa shape index (κ1) is 34.8. The summed E-state index contributed by atoms with van der Waals surface area (Å²) < 4.78 is 36.1. The zero-order valence-electron chi connectivity index (χ0n) is 25.5. The molecule has 0 aliphatic heterocycles. The summed E-state index contributed by atoms with van der Waals surface area (Å²) in [6.45, 7) is 2.44. The molecule has 0 aliphatic carbocycles. The molecule has 0 radical (unpaired) electrons. The van der Waals surface area contributed by atoms with Gasteiger partial charge in [0.05, 0.1) is 12.2 Å². The van der Waals surface area contributed by atoms with Crippen molar-refractivity contribution in [1.82, 2.24) is 25.1 Å². The highest BCUT2D eigenvalue weighted by atomic mass is 19.3. The molecule has 12 nitrogen and oxygen atoms in total. The van der Waals surface area contributed by atoms with Crippen LogP contribution in [0.25, 0.3) is 11.4 Å². The van der Waals surface area contributed by atoms with Gasteiger partial charge in [0.1, 0.15) is 30.8 Å². The van der Waals surface area contributed by atoms with E-state index in [2.05, 4.69) is 20.9 Å². The zero-order valence-corrected chi connectivity index (χ0v) is 25.5. The normalized spacial score (nSPS) is 12.8. The van der Waals surface area contributed by atoms with Crippen LogP contribution in [0.4, 0.5) is 19.3 Å². The van der Waals surface area contributed by atoms with Crippen molar-refractivity contribution in [3.8, 4) is 11.4 Å². The van der Waals surface area contributed by atoms with Crippen LogP contribution in [0.15, 0.2) is 71.7 Å². The summed E-state index contributed by atoms with van der Waals surface area (Å²) in [5, 5.41) is 17.4. The van der Waals surface area contributed by atoms with Crippen LogP contribution in [-0.4, -0.2) is 82.7 Å². The number of carbonyl (C=O) groups is 3. The molecule has 0 aliphatic rings. The number of likely N-dealkylation sites (N-methyl/N-ethyl adjacent to an activating group) is 1. The van der Waals surface area contributed by atoms with Gasteiger partial charge in [0, 0.05) is 18.7 Å². The lowest BCUT2D eigenvalue weighted by Gasteiger charge is -2.32. The van der Waals surface area contributed by atoms with Crippen LogP contribution < -0.4 is 21.5 Å². The molecule has 3 rings (SSSR count). The zero-order chi connectivity index (χ0) is 33.1. The number of benzene rings is 2. The molecule has 0 bridgehead atoms. The monoisotopic (exact) mass is 628 g/mol. The van der Waals surface area contributed by atoms with Crippen LogP contribution in [0, 0.1) is 5.92 Å². The Hall–Kier alpha value is -4.69. The quantitative estimate of drug-likeness (QED) is 0.212. The average molecular weight is 629 g/mol. The molecular weight excluding hydrogens is 590 g/mol. The van der Waals surface area contributed by atoms with E-state index in [9.17, 15) is 33.1 Å². The third-order valence-corrected chi connectivity index (χ3v) is 6.74. The third kappa shape index (κ3) is 9.65. The summed E-state index contributed by atoms with van der Waals surface area (Å²) in [5.74, 6) is -7.50. The minimum atomic E-state index is -4.23. The molecule has 45 heavy (non-hydrogen) atoms. The second kappa shape index (κ2) is 15.9. The average Bonchev–Trinajstić information content (AvgIpc) is 3.01. The summed E-state index contributed by atoms with van der Waals surface area (Å²) in [7, 11) is 3.41. The molecule has 1 heterocycles. The van der Waals surface area contributed by atoms with E-state index >= 15 is 0 Å². The number of amides is 3. The Morgan fingerprint density at radius 3 is 2.27 bits per heavy atom. The van der Waals surface area contributed by atoms with Crippen LogP contribution in [0.1, 0.15) is 19.4 Å². The van der Waals surface area contributed by atoms with Gasteiger partial charge in [-0.1, -0.05) is 74.5 Å². The topological polar surface area (TPSA) is 155 Å². The number of rotatable bonds is 14. The first-order chi connectivity index (χ1) is 21.3. The number of halogens is 2. The Balaban J connectivity index is 1.82. The molecule has 0 fully saturated rings. The number of nitrogens with one attached hydrogen (secondary N) is 3. The summed E-state index contributed by atoms with van der Waals surface area (Å²) in [6.07, 6.45) is -2.38. The highest BCUT2D eigenvalue weighted by Crippen LogP contribution is 2.25. The predicted molar refractivity (Wildman–Crippen MR) is 163 cm³/mol. The first-order valence-corrected chi connectivity index (χ1v) is 14.2. The molecular formula is C31H38F2N6O6. The van der Waals surface area contributed by atoms with Crippen LogP contribution in [0.3, 0.4) is 0 Å². The van der Waals surface area contributed by atoms with Gasteiger partial charge in [-0.15, -0.1) is 0 Å². The van der Waals surface area contributed by atoms with Crippen molar-refractivity contribution in [3.63, 3.8) is 0 Å². The van der Waals surface area contributed by atoms with E-state index in [1.807, 2.05) is 6.07 Å². The van der Waals surface area contributed by atoms with Crippen molar-refractivity contribution in [3.05, 3.63) is 82.8 Å². The Bertz CT molecular complexity index is 1500. The largest absolute Gasteiger partial charge is 0.444 e. The lowest BCUT2D eigenvalue weighted by Crippen LogP contribution is -2.59.